The zero-order valence-corrected chi connectivity index (χ0v) is 10.2. The van der Waals surface area contributed by atoms with E-state index in [0.29, 0.717) is 0 Å². The molecule has 1 aromatic heterocycles. The molecule has 0 saturated carbocycles. The first kappa shape index (κ1) is 14.7. The molecule has 100 valence electrons. The highest BCUT2D eigenvalue weighted by Crippen LogP contribution is 2.33. The molecule has 2 aromatic rings. The number of rotatable bonds is 4. The van der Waals surface area contributed by atoms with E-state index in [2.05, 4.69) is 20.0 Å². The van der Waals surface area contributed by atoms with Crippen molar-refractivity contribution in [2.45, 2.75) is 0 Å². The second-order valence-electron chi connectivity index (χ2n) is 3.09. The lowest BCUT2D eigenvalue weighted by atomic mass is 10.3. The van der Waals surface area contributed by atoms with Crippen molar-refractivity contribution in [3.05, 3.63) is 24.3 Å². The second-order valence-corrected chi connectivity index (χ2v) is 4.26. The molecule has 6 N–H and O–H groups in total. The second kappa shape index (κ2) is 7.17. The van der Waals surface area contributed by atoms with Crippen molar-refractivity contribution in [3.63, 3.8) is 0 Å². The van der Waals surface area contributed by atoms with Gasteiger partial charge in [-0.1, -0.05) is 17.3 Å². The summed E-state index contributed by atoms with van der Waals surface area (Å²) in [5.74, 6) is 0. The Bertz CT molecular complexity index is 483. The SMILES string of the molecule is NCCNOP(=O)(O)O.c1ccc2[nH]nnc2c1. The van der Waals surface area contributed by atoms with E-state index >= 15 is 0 Å². The first-order chi connectivity index (χ1) is 8.53. The third-order valence-electron chi connectivity index (χ3n) is 1.66. The standard InChI is InChI=1S/C6H5N3.C2H9N2O4P/c1-2-4-6-5(3-1)7-9-8-6;3-1-2-4-8-9(5,6)7/h1-4H,(H,7,8,9);4H,1-3H2,(H2,5,6,7). The van der Waals surface area contributed by atoms with Gasteiger partial charge in [0.25, 0.3) is 0 Å². The Morgan fingerprint density at radius 1 is 1.44 bits per heavy atom. The average molecular weight is 275 g/mol. The third-order valence-corrected chi connectivity index (χ3v) is 2.03. The van der Waals surface area contributed by atoms with Gasteiger partial charge in [-0.2, -0.15) is 10.1 Å². The molecule has 0 unspecified atom stereocenters. The van der Waals surface area contributed by atoms with Crippen LogP contribution in [0.3, 0.4) is 0 Å². The van der Waals surface area contributed by atoms with E-state index in [1.54, 1.807) is 0 Å². The van der Waals surface area contributed by atoms with Crippen LogP contribution in [0.15, 0.2) is 24.3 Å². The maximum absolute atomic E-state index is 9.87. The van der Waals surface area contributed by atoms with E-state index in [0.717, 1.165) is 11.0 Å². The van der Waals surface area contributed by atoms with Crippen LogP contribution in [0.5, 0.6) is 0 Å². The van der Waals surface area contributed by atoms with Crippen LogP contribution < -0.4 is 11.2 Å². The minimum absolute atomic E-state index is 0.213. The summed E-state index contributed by atoms with van der Waals surface area (Å²) in [5.41, 5.74) is 8.85. The van der Waals surface area contributed by atoms with Gasteiger partial charge in [0.15, 0.2) is 0 Å². The molecule has 10 heteroatoms. The highest BCUT2D eigenvalue weighted by molar-refractivity contribution is 7.46. The molecule has 0 aliphatic heterocycles. The number of hydrogen-bond donors (Lipinski definition) is 5. The molecule has 1 aromatic carbocycles. The van der Waals surface area contributed by atoms with Crippen LogP contribution in [0.4, 0.5) is 0 Å². The van der Waals surface area contributed by atoms with Gasteiger partial charge in [-0.05, 0) is 12.1 Å². The summed E-state index contributed by atoms with van der Waals surface area (Å²) >= 11 is 0. The number of hydroxylamine groups is 1. The number of benzene rings is 1. The highest BCUT2D eigenvalue weighted by atomic mass is 31.2. The summed E-state index contributed by atoms with van der Waals surface area (Å²) in [5, 5.41) is 10.2. The number of aromatic nitrogens is 3. The number of fused-ring (bicyclic) bond motifs is 1. The lowest BCUT2D eigenvalue weighted by Gasteiger charge is -2.03. The van der Waals surface area contributed by atoms with Gasteiger partial charge < -0.3 is 15.5 Å². The number of nitrogens with zero attached hydrogens (tertiary/aromatic N) is 2. The Balaban J connectivity index is 0.000000180. The molecular weight excluding hydrogens is 261 g/mol. The monoisotopic (exact) mass is 275 g/mol. The topological polar surface area (TPSA) is 146 Å². The van der Waals surface area contributed by atoms with Gasteiger partial charge >= 0.3 is 7.82 Å². The molecule has 2 rings (SSSR count). The molecule has 0 aliphatic rings. The smallest absolute Gasteiger partial charge is 0.329 e. The highest BCUT2D eigenvalue weighted by Gasteiger charge is 2.12. The largest absolute Gasteiger partial charge is 0.486 e. The molecular formula is C8H14N5O4P. The molecule has 0 atom stereocenters. The van der Waals surface area contributed by atoms with E-state index in [9.17, 15) is 4.57 Å². The van der Waals surface area contributed by atoms with Crippen LogP contribution >= 0.6 is 7.82 Å². The number of nitrogens with one attached hydrogen (secondary N) is 2. The van der Waals surface area contributed by atoms with Crippen LogP contribution in [-0.4, -0.2) is 38.3 Å². The molecule has 0 aliphatic carbocycles. The Morgan fingerprint density at radius 2 is 2.17 bits per heavy atom. The number of phosphoric acid groups is 1. The molecule has 0 bridgehead atoms. The van der Waals surface area contributed by atoms with E-state index in [1.165, 1.54) is 0 Å². The number of para-hydroxylation sites is 1. The fourth-order valence-corrected chi connectivity index (χ4v) is 1.24. The van der Waals surface area contributed by atoms with Crippen molar-refractivity contribution in [2.24, 2.45) is 5.73 Å². The Labute approximate surface area is 103 Å². The van der Waals surface area contributed by atoms with Crippen molar-refractivity contribution < 1.29 is 19.0 Å². The summed E-state index contributed by atoms with van der Waals surface area (Å²) in [4.78, 5) is 16.1. The van der Waals surface area contributed by atoms with Gasteiger partial charge in [0, 0.05) is 13.1 Å². The van der Waals surface area contributed by atoms with Crippen molar-refractivity contribution in [3.8, 4) is 0 Å². The van der Waals surface area contributed by atoms with E-state index in [4.69, 9.17) is 15.5 Å². The molecule has 0 spiro atoms. The fraction of sp³-hybridized carbons (Fsp3) is 0.250. The van der Waals surface area contributed by atoms with E-state index < -0.39 is 7.82 Å². The summed E-state index contributed by atoms with van der Waals surface area (Å²) in [6, 6.07) is 7.74. The van der Waals surface area contributed by atoms with E-state index in [1.807, 2.05) is 29.7 Å². The number of H-pyrrole nitrogens is 1. The van der Waals surface area contributed by atoms with Crippen LogP contribution in [0.25, 0.3) is 11.0 Å². The van der Waals surface area contributed by atoms with Gasteiger partial charge in [-0.3, -0.25) is 5.10 Å². The number of nitrogens with two attached hydrogens (primary N) is 1. The average Bonchev–Trinajstić information content (AvgIpc) is 2.76. The van der Waals surface area contributed by atoms with Gasteiger partial charge in [0.05, 0.1) is 5.52 Å². The molecule has 1 heterocycles. The fourth-order valence-electron chi connectivity index (χ4n) is 0.977. The van der Waals surface area contributed by atoms with Crippen LogP contribution in [0.2, 0.25) is 0 Å². The molecule has 9 nitrogen and oxygen atoms in total. The minimum atomic E-state index is -4.36. The van der Waals surface area contributed by atoms with Crippen molar-refractivity contribution in [1.82, 2.24) is 20.9 Å². The van der Waals surface area contributed by atoms with Crippen molar-refractivity contribution in [2.75, 3.05) is 13.1 Å². The molecule has 0 radical (unpaired) electrons. The predicted molar refractivity (Wildman–Crippen MR) is 64.1 cm³/mol. The zero-order chi connectivity index (χ0) is 13.4. The van der Waals surface area contributed by atoms with Crippen molar-refractivity contribution >= 4 is 18.9 Å². The van der Waals surface area contributed by atoms with Crippen LogP contribution in [0.1, 0.15) is 0 Å². The molecule has 18 heavy (non-hydrogen) atoms. The third kappa shape index (κ3) is 5.82. The molecule has 0 saturated heterocycles. The molecule has 0 fully saturated rings. The Hall–Kier alpha value is -1.35. The lowest BCUT2D eigenvalue weighted by molar-refractivity contribution is 0.127. The predicted octanol–water partition coefficient (Wildman–Crippen LogP) is -0.483. The summed E-state index contributed by atoms with van der Waals surface area (Å²) in [7, 11) is -4.36. The Kier molecular flexibility index (Phi) is 5.86. The molecule has 0 amide bonds. The van der Waals surface area contributed by atoms with Crippen LogP contribution in [0, 0.1) is 0 Å². The summed E-state index contributed by atoms with van der Waals surface area (Å²) in [6.45, 7) is 0.477. The summed E-state index contributed by atoms with van der Waals surface area (Å²) < 4.78 is 13.7. The number of aromatic amines is 1. The quantitative estimate of drug-likeness (QED) is 0.285. The summed E-state index contributed by atoms with van der Waals surface area (Å²) in [6.07, 6.45) is 0. The van der Waals surface area contributed by atoms with E-state index in [-0.39, 0.29) is 13.1 Å². The van der Waals surface area contributed by atoms with Crippen molar-refractivity contribution in [1.29, 1.82) is 0 Å². The normalized spacial score (nSPS) is 11.1. The van der Waals surface area contributed by atoms with Gasteiger partial charge in [-0.15, -0.1) is 5.10 Å². The van der Waals surface area contributed by atoms with Gasteiger partial charge in [-0.25, -0.2) is 4.57 Å². The zero-order valence-electron chi connectivity index (χ0n) is 9.35. The van der Waals surface area contributed by atoms with Gasteiger partial charge in [0.1, 0.15) is 5.52 Å². The maximum Gasteiger partial charge on any atom is 0.486 e. The number of hydrogen-bond acceptors (Lipinski definition) is 6. The first-order valence-electron chi connectivity index (χ1n) is 4.96. The lowest BCUT2D eigenvalue weighted by Crippen LogP contribution is -2.21. The van der Waals surface area contributed by atoms with Gasteiger partial charge in [0.2, 0.25) is 0 Å². The Morgan fingerprint density at radius 3 is 2.78 bits per heavy atom. The van der Waals surface area contributed by atoms with Crippen LogP contribution in [-0.2, 0) is 9.19 Å². The maximum atomic E-state index is 9.87. The minimum Gasteiger partial charge on any atom is -0.329 e. The first-order valence-corrected chi connectivity index (χ1v) is 6.49.